The summed E-state index contributed by atoms with van der Waals surface area (Å²) < 4.78 is 1.34. The number of Topliss-reactive ketones (excluding diaryl/α,β-unsaturated/α-hetero) is 1. The average Bonchev–Trinajstić information content (AvgIpc) is 3.49. The molecule has 0 saturated carbocycles. The van der Waals surface area contributed by atoms with Crippen molar-refractivity contribution in [1.29, 1.82) is 0 Å². The molecule has 0 unspecified atom stereocenters. The minimum absolute atomic E-state index is 0.0711. The molecule has 1 amide bonds. The van der Waals surface area contributed by atoms with Gasteiger partial charge in [-0.25, -0.2) is 9.67 Å². The third-order valence-corrected chi connectivity index (χ3v) is 7.17. The molecule has 4 rings (SSSR count). The van der Waals surface area contributed by atoms with Gasteiger partial charge in [0.15, 0.2) is 5.78 Å². The predicted molar refractivity (Wildman–Crippen MR) is 131 cm³/mol. The van der Waals surface area contributed by atoms with Crippen LogP contribution >= 0.6 is 22.7 Å². The van der Waals surface area contributed by atoms with Gasteiger partial charge in [-0.05, 0) is 24.4 Å². The first-order chi connectivity index (χ1) is 16.0. The zero-order valence-electron chi connectivity index (χ0n) is 18.0. The Hall–Kier alpha value is -3.43. The van der Waals surface area contributed by atoms with E-state index in [4.69, 9.17) is 0 Å². The van der Waals surface area contributed by atoms with Crippen LogP contribution in [0.1, 0.15) is 28.9 Å². The molecule has 4 aromatic rings. The maximum Gasteiger partial charge on any atom is 0.266 e. The monoisotopic (exact) mass is 478 g/mol. The van der Waals surface area contributed by atoms with Crippen LogP contribution in [-0.4, -0.2) is 33.0 Å². The van der Waals surface area contributed by atoms with Crippen LogP contribution in [0, 0.1) is 6.92 Å². The van der Waals surface area contributed by atoms with Gasteiger partial charge in [-0.15, -0.1) is 22.7 Å². The van der Waals surface area contributed by atoms with Gasteiger partial charge in [0.25, 0.3) is 5.56 Å². The number of benzene rings is 1. The lowest BCUT2D eigenvalue weighted by Crippen LogP contribution is -2.32. The van der Waals surface area contributed by atoms with Crippen molar-refractivity contribution >= 4 is 34.4 Å². The Morgan fingerprint density at radius 2 is 1.85 bits per heavy atom. The highest BCUT2D eigenvalue weighted by Crippen LogP contribution is 2.35. The molecule has 7 nitrogen and oxygen atoms in total. The summed E-state index contributed by atoms with van der Waals surface area (Å²) in [5.74, 6) is -0.305. The topological polar surface area (TPSA) is 94.0 Å². The molecule has 0 atom stereocenters. The first-order valence-electron chi connectivity index (χ1n) is 10.5. The van der Waals surface area contributed by atoms with E-state index in [0.717, 1.165) is 20.5 Å². The van der Waals surface area contributed by atoms with Gasteiger partial charge in [0.1, 0.15) is 10.7 Å². The number of carbonyl (C=O) groups excluding carboxylic acids is 2. The number of ketones is 1. The molecule has 0 radical (unpaired) electrons. The van der Waals surface area contributed by atoms with Crippen LogP contribution < -0.4 is 10.9 Å². The zero-order valence-corrected chi connectivity index (χ0v) is 19.6. The normalized spacial score (nSPS) is 10.8. The van der Waals surface area contributed by atoms with Crippen LogP contribution in [0.4, 0.5) is 0 Å². The van der Waals surface area contributed by atoms with Crippen LogP contribution in [0.2, 0.25) is 0 Å². The summed E-state index contributed by atoms with van der Waals surface area (Å²) in [5.41, 5.74) is 1.89. The molecule has 3 aromatic heterocycles. The Balaban J connectivity index is 1.35. The minimum atomic E-state index is -0.243. The third-order valence-electron chi connectivity index (χ3n) is 4.95. The molecule has 0 saturated heterocycles. The molecule has 0 fully saturated rings. The molecule has 1 aromatic carbocycles. The molecule has 3 heterocycles. The summed E-state index contributed by atoms with van der Waals surface area (Å²) in [4.78, 5) is 43.2. The smallest absolute Gasteiger partial charge is 0.266 e. The minimum Gasteiger partial charge on any atom is -0.354 e. The van der Waals surface area contributed by atoms with Crippen molar-refractivity contribution < 1.29 is 9.59 Å². The van der Waals surface area contributed by atoms with E-state index in [9.17, 15) is 14.4 Å². The van der Waals surface area contributed by atoms with E-state index >= 15 is 0 Å². The fraction of sp³-hybridized carbons (Fsp3) is 0.208. The molecule has 0 spiro atoms. The second-order valence-corrected chi connectivity index (χ2v) is 9.28. The van der Waals surface area contributed by atoms with Crippen LogP contribution in [0.3, 0.4) is 0 Å². The molecule has 0 aliphatic rings. The molecule has 0 aliphatic heterocycles. The van der Waals surface area contributed by atoms with Crippen LogP contribution in [0.5, 0.6) is 0 Å². The maximum atomic E-state index is 12.3. The lowest BCUT2D eigenvalue weighted by atomic mass is 10.1. The Morgan fingerprint density at radius 3 is 2.61 bits per heavy atom. The first kappa shape index (κ1) is 22.8. The number of carbonyl (C=O) groups is 2. The van der Waals surface area contributed by atoms with Gasteiger partial charge in [-0.1, -0.05) is 36.4 Å². The highest BCUT2D eigenvalue weighted by molar-refractivity contribution is 7.23. The van der Waals surface area contributed by atoms with Gasteiger partial charge in [-0.3, -0.25) is 14.4 Å². The molecule has 1 N–H and O–H groups in total. The molecule has 9 heteroatoms. The number of amides is 1. The van der Waals surface area contributed by atoms with E-state index < -0.39 is 0 Å². The molecular weight excluding hydrogens is 456 g/mol. The lowest BCUT2D eigenvalue weighted by Gasteiger charge is -2.08. The van der Waals surface area contributed by atoms with Gasteiger partial charge in [0.2, 0.25) is 5.91 Å². The fourth-order valence-electron chi connectivity index (χ4n) is 3.25. The Morgan fingerprint density at radius 1 is 1.03 bits per heavy atom. The molecule has 168 valence electrons. The summed E-state index contributed by atoms with van der Waals surface area (Å²) in [6, 6.07) is 16.1. The van der Waals surface area contributed by atoms with E-state index in [1.165, 1.54) is 10.7 Å². The van der Waals surface area contributed by atoms with Crippen molar-refractivity contribution in [3.8, 4) is 20.5 Å². The zero-order chi connectivity index (χ0) is 23.2. The number of thiophene rings is 1. The van der Waals surface area contributed by atoms with E-state index in [1.807, 2.05) is 30.5 Å². The summed E-state index contributed by atoms with van der Waals surface area (Å²) in [6.45, 7) is 2.41. The number of thiazole rings is 1. The molecule has 0 bridgehead atoms. The third kappa shape index (κ3) is 5.68. The number of aromatic nitrogens is 3. The SMILES string of the molecule is Cc1nc(-c2cccs2)sc1-c1ccc(=O)n(CCNC(=O)CCC(=O)c2ccccc2)n1. The number of aryl methyl sites for hydroxylation is 1. The Labute approximate surface area is 198 Å². The maximum absolute atomic E-state index is 12.3. The summed E-state index contributed by atoms with van der Waals surface area (Å²) in [6.07, 6.45) is 0.239. The van der Waals surface area contributed by atoms with Crippen LogP contribution in [0.25, 0.3) is 20.5 Å². The largest absolute Gasteiger partial charge is 0.354 e. The van der Waals surface area contributed by atoms with Crippen molar-refractivity contribution in [3.63, 3.8) is 0 Å². The van der Waals surface area contributed by atoms with Crippen molar-refractivity contribution in [2.45, 2.75) is 26.3 Å². The summed E-state index contributed by atoms with van der Waals surface area (Å²) in [5, 5.41) is 10.2. The van der Waals surface area contributed by atoms with Gasteiger partial charge in [-0.2, -0.15) is 5.10 Å². The van der Waals surface area contributed by atoms with E-state index in [2.05, 4.69) is 15.4 Å². The van der Waals surface area contributed by atoms with Gasteiger partial charge in [0.05, 0.1) is 22.0 Å². The van der Waals surface area contributed by atoms with Gasteiger partial charge < -0.3 is 5.32 Å². The number of nitrogens with one attached hydrogen (secondary N) is 1. The second-order valence-electron chi connectivity index (χ2n) is 7.33. The number of rotatable bonds is 9. The van der Waals surface area contributed by atoms with Crippen molar-refractivity contribution in [1.82, 2.24) is 20.1 Å². The molecule has 33 heavy (non-hydrogen) atoms. The van der Waals surface area contributed by atoms with E-state index in [0.29, 0.717) is 11.3 Å². The lowest BCUT2D eigenvalue weighted by molar-refractivity contribution is -0.121. The van der Waals surface area contributed by atoms with Crippen molar-refractivity contribution in [3.05, 3.63) is 81.6 Å². The standard InChI is InChI=1S/C24H22N4O3S2/c1-16-23(33-24(26-16)20-8-5-15-32-20)18-9-12-22(31)28(27-18)14-13-25-21(30)11-10-19(29)17-6-3-2-4-7-17/h2-9,12,15H,10-11,13-14H2,1H3,(H,25,30). The highest BCUT2D eigenvalue weighted by Gasteiger charge is 2.14. The van der Waals surface area contributed by atoms with E-state index in [-0.39, 0.29) is 43.2 Å². The van der Waals surface area contributed by atoms with Crippen molar-refractivity contribution in [2.24, 2.45) is 0 Å². The molecule has 0 aliphatic carbocycles. The summed E-state index contributed by atoms with van der Waals surface area (Å²) in [7, 11) is 0. The predicted octanol–water partition coefficient (Wildman–Crippen LogP) is 4.18. The fourth-order valence-corrected chi connectivity index (χ4v) is 5.08. The van der Waals surface area contributed by atoms with Crippen LogP contribution in [-0.2, 0) is 11.3 Å². The number of nitrogens with zero attached hydrogens (tertiary/aromatic N) is 3. The number of hydrogen-bond acceptors (Lipinski definition) is 7. The van der Waals surface area contributed by atoms with E-state index in [1.54, 1.807) is 53.0 Å². The van der Waals surface area contributed by atoms with Crippen molar-refractivity contribution in [2.75, 3.05) is 6.54 Å². The second kappa shape index (κ2) is 10.5. The highest BCUT2D eigenvalue weighted by atomic mass is 32.1. The first-order valence-corrected chi connectivity index (χ1v) is 12.2. The molecular formula is C24H22N4O3S2. The quantitative estimate of drug-likeness (QED) is 0.364. The van der Waals surface area contributed by atoms with Crippen LogP contribution in [0.15, 0.2) is 64.8 Å². The number of hydrogen-bond donors (Lipinski definition) is 1. The Bertz CT molecular complexity index is 1310. The Kier molecular flexibility index (Phi) is 7.21. The van der Waals surface area contributed by atoms with Gasteiger partial charge in [0, 0.05) is 31.0 Å². The average molecular weight is 479 g/mol. The summed E-state index contributed by atoms with van der Waals surface area (Å²) >= 11 is 3.17. The van der Waals surface area contributed by atoms with Gasteiger partial charge >= 0.3 is 0 Å².